The number of halogens is 3. The Hall–Kier alpha value is -1.22. The summed E-state index contributed by atoms with van der Waals surface area (Å²) in [6, 6.07) is 11.9. The van der Waals surface area contributed by atoms with Crippen LogP contribution in [0.2, 0.25) is 10.0 Å². The number of rotatable bonds is 3. The summed E-state index contributed by atoms with van der Waals surface area (Å²) >= 11 is 18.2. The Morgan fingerprint density at radius 1 is 1.05 bits per heavy atom. The molecule has 0 aliphatic heterocycles. The van der Waals surface area contributed by atoms with E-state index in [1.54, 1.807) is 6.07 Å². The average molecular weight is 340 g/mol. The van der Waals surface area contributed by atoms with Crippen LogP contribution < -0.4 is 0 Å². The van der Waals surface area contributed by atoms with Crippen molar-refractivity contribution in [2.24, 2.45) is 0 Å². The number of aromatic nitrogens is 2. The molecule has 3 rings (SSSR count). The van der Waals surface area contributed by atoms with Crippen LogP contribution in [0.3, 0.4) is 0 Å². The molecule has 0 saturated heterocycles. The summed E-state index contributed by atoms with van der Waals surface area (Å²) in [5.74, 6) is 1.42. The molecule has 0 spiro atoms. The van der Waals surface area contributed by atoms with E-state index in [2.05, 4.69) is 40.7 Å². The molecule has 0 saturated carbocycles. The number of benzene rings is 2. The minimum Gasteiger partial charge on any atom is -0.296 e. The number of aryl methyl sites for hydroxylation is 2. The maximum atomic E-state index is 6.16. The van der Waals surface area contributed by atoms with Crippen LogP contribution in [0, 0.1) is 6.92 Å². The van der Waals surface area contributed by atoms with Crippen LogP contribution in [0.4, 0.5) is 0 Å². The standard InChI is InChI=1S/C16H13Cl3N2/c1-10-2-4-11(5-3-10)21-15-9-13(19)12(18)8-14(15)20-16(21)6-7-17/h2-5,8-9H,6-7H2,1H3. The van der Waals surface area contributed by atoms with E-state index < -0.39 is 0 Å². The van der Waals surface area contributed by atoms with Crippen molar-refractivity contribution in [3.63, 3.8) is 0 Å². The number of nitrogens with zero attached hydrogens (tertiary/aromatic N) is 2. The Balaban J connectivity index is 2.29. The van der Waals surface area contributed by atoms with Gasteiger partial charge in [0, 0.05) is 18.0 Å². The van der Waals surface area contributed by atoms with Crippen molar-refractivity contribution >= 4 is 45.8 Å². The van der Waals surface area contributed by atoms with Gasteiger partial charge in [-0.15, -0.1) is 11.6 Å². The first-order valence-electron chi connectivity index (χ1n) is 6.59. The van der Waals surface area contributed by atoms with E-state index in [0.717, 1.165) is 22.5 Å². The highest BCUT2D eigenvalue weighted by Crippen LogP contribution is 2.30. The van der Waals surface area contributed by atoms with Crippen molar-refractivity contribution in [1.29, 1.82) is 0 Å². The molecule has 1 aromatic heterocycles. The number of alkyl halides is 1. The van der Waals surface area contributed by atoms with Crippen LogP contribution in [0.25, 0.3) is 16.7 Å². The van der Waals surface area contributed by atoms with Crippen LogP contribution in [-0.2, 0) is 6.42 Å². The molecule has 0 unspecified atom stereocenters. The smallest absolute Gasteiger partial charge is 0.115 e. The Bertz CT molecular complexity index is 791. The van der Waals surface area contributed by atoms with Gasteiger partial charge in [0.1, 0.15) is 5.82 Å². The molecular formula is C16H13Cl3N2. The lowest BCUT2D eigenvalue weighted by Crippen LogP contribution is -2.02. The summed E-state index contributed by atoms with van der Waals surface area (Å²) in [4.78, 5) is 4.64. The van der Waals surface area contributed by atoms with Crippen molar-refractivity contribution < 1.29 is 0 Å². The SMILES string of the molecule is Cc1ccc(-n2c(CCCl)nc3cc(Cl)c(Cl)cc32)cc1. The van der Waals surface area contributed by atoms with Gasteiger partial charge in [-0.2, -0.15) is 0 Å². The molecule has 2 aromatic carbocycles. The van der Waals surface area contributed by atoms with Gasteiger partial charge in [-0.25, -0.2) is 4.98 Å². The molecule has 0 aliphatic rings. The summed E-state index contributed by atoms with van der Waals surface area (Å²) in [5, 5.41) is 1.03. The Kier molecular flexibility index (Phi) is 4.12. The van der Waals surface area contributed by atoms with Crippen molar-refractivity contribution in [3.05, 3.63) is 57.8 Å². The van der Waals surface area contributed by atoms with Gasteiger partial charge < -0.3 is 0 Å². The first kappa shape index (κ1) is 14.7. The fourth-order valence-electron chi connectivity index (χ4n) is 2.36. The third-order valence-corrected chi connectivity index (χ3v) is 4.29. The molecule has 3 aromatic rings. The molecule has 0 atom stereocenters. The van der Waals surface area contributed by atoms with E-state index in [0.29, 0.717) is 22.3 Å². The summed E-state index contributed by atoms with van der Waals surface area (Å²) in [6.45, 7) is 2.06. The Morgan fingerprint density at radius 2 is 1.71 bits per heavy atom. The molecule has 0 radical (unpaired) electrons. The zero-order valence-corrected chi connectivity index (χ0v) is 13.7. The predicted octanol–water partition coefficient (Wildman–Crippen LogP) is 5.42. The summed E-state index contributed by atoms with van der Waals surface area (Å²) in [6.07, 6.45) is 0.680. The highest BCUT2D eigenvalue weighted by atomic mass is 35.5. The number of imidazole rings is 1. The topological polar surface area (TPSA) is 17.8 Å². The minimum absolute atomic E-state index is 0.509. The largest absolute Gasteiger partial charge is 0.296 e. The highest BCUT2D eigenvalue weighted by molar-refractivity contribution is 6.42. The maximum Gasteiger partial charge on any atom is 0.115 e. The van der Waals surface area contributed by atoms with Crippen molar-refractivity contribution in [2.45, 2.75) is 13.3 Å². The average Bonchev–Trinajstić information content (AvgIpc) is 2.78. The number of hydrogen-bond acceptors (Lipinski definition) is 1. The molecular weight excluding hydrogens is 327 g/mol. The second kappa shape index (κ2) is 5.88. The Morgan fingerprint density at radius 3 is 2.38 bits per heavy atom. The van der Waals surface area contributed by atoms with Gasteiger partial charge in [0.2, 0.25) is 0 Å². The fourth-order valence-corrected chi connectivity index (χ4v) is 2.84. The van der Waals surface area contributed by atoms with E-state index in [9.17, 15) is 0 Å². The minimum atomic E-state index is 0.509. The fraction of sp³-hybridized carbons (Fsp3) is 0.188. The lowest BCUT2D eigenvalue weighted by atomic mass is 10.2. The first-order chi connectivity index (χ1) is 10.1. The second-order valence-electron chi connectivity index (χ2n) is 4.89. The van der Waals surface area contributed by atoms with Crippen LogP contribution in [0.1, 0.15) is 11.4 Å². The molecule has 108 valence electrons. The second-order valence-corrected chi connectivity index (χ2v) is 6.09. The van der Waals surface area contributed by atoms with Crippen LogP contribution in [0.5, 0.6) is 0 Å². The van der Waals surface area contributed by atoms with Gasteiger partial charge in [0.25, 0.3) is 0 Å². The van der Waals surface area contributed by atoms with Crippen LogP contribution in [0.15, 0.2) is 36.4 Å². The maximum absolute atomic E-state index is 6.16. The van der Waals surface area contributed by atoms with E-state index in [-0.39, 0.29) is 0 Å². The molecule has 1 heterocycles. The molecule has 2 nitrogen and oxygen atoms in total. The molecule has 0 amide bonds. The van der Waals surface area contributed by atoms with E-state index >= 15 is 0 Å². The summed E-state index contributed by atoms with van der Waals surface area (Å²) in [7, 11) is 0. The first-order valence-corrected chi connectivity index (χ1v) is 7.88. The molecule has 0 N–H and O–H groups in total. The van der Waals surface area contributed by atoms with Gasteiger partial charge in [0.05, 0.1) is 21.1 Å². The van der Waals surface area contributed by atoms with Gasteiger partial charge in [0.15, 0.2) is 0 Å². The van der Waals surface area contributed by atoms with Gasteiger partial charge >= 0.3 is 0 Å². The van der Waals surface area contributed by atoms with Crippen molar-refractivity contribution in [2.75, 3.05) is 5.88 Å². The van der Waals surface area contributed by atoms with E-state index in [1.807, 2.05) is 6.07 Å². The predicted molar refractivity (Wildman–Crippen MR) is 90.3 cm³/mol. The number of hydrogen-bond donors (Lipinski definition) is 0. The Labute approximate surface area is 138 Å². The number of fused-ring (bicyclic) bond motifs is 1. The molecule has 0 aliphatic carbocycles. The molecule has 0 fully saturated rings. The van der Waals surface area contributed by atoms with Crippen molar-refractivity contribution in [3.8, 4) is 5.69 Å². The van der Waals surface area contributed by atoms with E-state index in [1.165, 1.54) is 5.56 Å². The zero-order chi connectivity index (χ0) is 15.0. The lowest BCUT2D eigenvalue weighted by molar-refractivity contribution is 0.912. The van der Waals surface area contributed by atoms with Crippen molar-refractivity contribution in [1.82, 2.24) is 9.55 Å². The highest BCUT2D eigenvalue weighted by Gasteiger charge is 2.14. The van der Waals surface area contributed by atoms with Crippen LogP contribution in [-0.4, -0.2) is 15.4 Å². The third-order valence-electron chi connectivity index (χ3n) is 3.38. The summed E-state index contributed by atoms with van der Waals surface area (Å²) < 4.78 is 2.08. The normalized spacial score (nSPS) is 11.2. The van der Waals surface area contributed by atoms with Gasteiger partial charge in [-0.05, 0) is 31.2 Å². The third kappa shape index (κ3) is 2.76. The zero-order valence-electron chi connectivity index (χ0n) is 11.4. The monoisotopic (exact) mass is 338 g/mol. The van der Waals surface area contributed by atoms with Crippen LogP contribution >= 0.6 is 34.8 Å². The molecule has 5 heteroatoms. The van der Waals surface area contributed by atoms with Gasteiger partial charge in [-0.3, -0.25) is 4.57 Å². The lowest BCUT2D eigenvalue weighted by Gasteiger charge is -2.09. The molecule has 0 bridgehead atoms. The van der Waals surface area contributed by atoms with Gasteiger partial charge in [-0.1, -0.05) is 40.9 Å². The summed E-state index contributed by atoms with van der Waals surface area (Å²) in [5.41, 5.74) is 4.02. The quantitative estimate of drug-likeness (QED) is 0.582. The molecule has 21 heavy (non-hydrogen) atoms. The van der Waals surface area contributed by atoms with E-state index in [4.69, 9.17) is 34.8 Å².